The van der Waals surface area contributed by atoms with Crippen molar-refractivity contribution >= 4 is 29.1 Å². The fraction of sp³-hybridized carbons (Fsp3) is 0.440. The summed E-state index contributed by atoms with van der Waals surface area (Å²) in [5.41, 5.74) is 0.852. The number of aliphatic hydroxyl groups is 4. The van der Waals surface area contributed by atoms with Crippen LogP contribution in [0, 0.1) is 11.8 Å². The van der Waals surface area contributed by atoms with Crippen LogP contribution < -0.4 is 5.73 Å². The predicted molar refractivity (Wildman–Crippen MR) is 128 cm³/mol. The van der Waals surface area contributed by atoms with Gasteiger partial charge < -0.3 is 36.2 Å². The van der Waals surface area contributed by atoms with E-state index in [4.69, 9.17) is 5.73 Å². The molecule has 1 aromatic carbocycles. The maximum atomic E-state index is 13.9. The first-order chi connectivity index (χ1) is 17.1. The first-order valence-corrected chi connectivity index (χ1v) is 11.5. The van der Waals surface area contributed by atoms with Gasteiger partial charge >= 0.3 is 0 Å². The van der Waals surface area contributed by atoms with Gasteiger partial charge in [0.25, 0.3) is 11.8 Å². The number of likely N-dealkylation sites (N-methyl/N-ethyl adjacent to an activating group) is 1. The number of rotatable bonds is 3. The maximum Gasteiger partial charge on any atom is 0.255 e. The number of aliphatic hydroxyl groups excluding tert-OH is 3. The molecule has 2 amide bonds. The number of nitrogens with zero attached hydrogens (tertiary/aromatic N) is 2. The van der Waals surface area contributed by atoms with E-state index < -0.39 is 87.3 Å². The van der Waals surface area contributed by atoms with Gasteiger partial charge in [-0.05, 0) is 37.7 Å². The molecule has 198 valence electrons. The molecule has 6 atom stereocenters. The van der Waals surface area contributed by atoms with Crippen molar-refractivity contribution in [3.63, 3.8) is 0 Å². The molecule has 0 heterocycles. The van der Waals surface area contributed by atoms with Crippen LogP contribution >= 0.6 is 0 Å². The first-order valence-electron chi connectivity index (χ1n) is 11.5. The van der Waals surface area contributed by atoms with E-state index >= 15 is 0 Å². The van der Waals surface area contributed by atoms with Crippen LogP contribution in [-0.2, 0) is 14.4 Å². The SMILES string of the molecule is C[C@@H]1c2c(C(=O)N(C)C)ccc(O)c2C(O)=C2C(=O)[C@@]3(O)C(O)=C(C(N)=O)C(=O)[C@H](N(C)C)[C@H]3[C@H](O)[C@H]21. The molecule has 1 saturated carbocycles. The summed E-state index contributed by atoms with van der Waals surface area (Å²) in [6.45, 7) is 1.57. The average molecular weight is 516 g/mol. The topological polar surface area (TPSA) is 202 Å². The zero-order chi connectivity index (χ0) is 27.9. The van der Waals surface area contributed by atoms with Gasteiger partial charge in [0.2, 0.25) is 5.78 Å². The molecule has 0 spiro atoms. The van der Waals surface area contributed by atoms with Crippen LogP contribution in [0.4, 0.5) is 0 Å². The fourth-order valence-electron chi connectivity index (χ4n) is 6.12. The molecule has 12 heteroatoms. The normalized spacial score (nSPS) is 31.2. The molecule has 3 aliphatic carbocycles. The third-order valence-electron chi connectivity index (χ3n) is 7.74. The molecule has 0 saturated heterocycles. The van der Waals surface area contributed by atoms with E-state index in [9.17, 15) is 44.7 Å². The van der Waals surface area contributed by atoms with Crippen molar-refractivity contribution in [1.82, 2.24) is 9.80 Å². The van der Waals surface area contributed by atoms with E-state index in [2.05, 4.69) is 0 Å². The Hall–Kier alpha value is -3.74. The minimum Gasteiger partial charge on any atom is -0.508 e. The summed E-state index contributed by atoms with van der Waals surface area (Å²) in [4.78, 5) is 54.7. The van der Waals surface area contributed by atoms with Crippen LogP contribution in [0.5, 0.6) is 5.75 Å². The van der Waals surface area contributed by atoms with Gasteiger partial charge in [-0.25, -0.2) is 0 Å². The summed E-state index contributed by atoms with van der Waals surface area (Å²) >= 11 is 0. The Kier molecular flexibility index (Phi) is 5.98. The van der Waals surface area contributed by atoms with Gasteiger partial charge in [-0.3, -0.25) is 24.1 Å². The zero-order valence-corrected chi connectivity index (χ0v) is 20.9. The molecular formula is C25H29N3O9. The van der Waals surface area contributed by atoms with Gasteiger partial charge in [-0.2, -0.15) is 0 Å². The first kappa shape index (κ1) is 26.3. The van der Waals surface area contributed by atoms with Gasteiger partial charge in [0.1, 0.15) is 22.8 Å². The highest BCUT2D eigenvalue weighted by Gasteiger charge is 2.68. The average Bonchev–Trinajstić information content (AvgIpc) is 2.80. The van der Waals surface area contributed by atoms with Gasteiger partial charge in [0.05, 0.1) is 23.6 Å². The number of carbonyl (C=O) groups excluding carboxylic acids is 4. The third-order valence-corrected chi connectivity index (χ3v) is 7.74. The monoisotopic (exact) mass is 515 g/mol. The predicted octanol–water partition coefficient (Wildman–Crippen LogP) is -0.802. The Balaban J connectivity index is 2.08. The highest BCUT2D eigenvalue weighted by molar-refractivity contribution is 6.24. The van der Waals surface area contributed by atoms with E-state index in [-0.39, 0.29) is 16.7 Å². The molecule has 0 aromatic heterocycles. The molecular weight excluding hydrogens is 486 g/mol. The summed E-state index contributed by atoms with van der Waals surface area (Å²) in [5, 5.41) is 56.1. The lowest BCUT2D eigenvalue weighted by atomic mass is 9.54. The molecule has 4 rings (SSSR count). The van der Waals surface area contributed by atoms with E-state index in [1.54, 1.807) is 6.92 Å². The molecule has 12 nitrogen and oxygen atoms in total. The van der Waals surface area contributed by atoms with Crippen molar-refractivity contribution in [2.45, 2.75) is 30.6 Å². The van der Waals surface area contributed by atoms with Crippen LogP contribution in [0.15, 0.2) is 29.0 Å². The molecule has 1 fully saturated rings. The van der Waals surface area contributed by atoms with Crippen molar-refractivity contribution in [3.8, 4) is 5.75 Å². The van der Waals surface area contributed by atoms with E-state index in [0.29, 0.717) is 0 Å². The minimum absolute atomic E-state index is 0.110. The van der Waals surface area contributed by atoms with E-state index in [1.165, 1.54) is 50.1 Å². The molecule has 0 aliphatic heterocycles. The second-order valence-electron chi connectivity index (χ2n) is 10.2. The van der Waals surface area contributed by atoms with Gasteiger partial charge in [-0.15, -0.1) is 0 Å². The second kappa shape index (κ2) is 8.40. The number of Topliss-reactive ketones (excluding diaryl/α,β-unsaturated/α-hetero) is 2. The number of fused-ring (bicyclic) bond motifs is 3. The Morgan fingerprint density at radius 2 is 1.65 bits per heavy atom. The summed E-state index contributed by atoms with van der Waals surface area (Å²) in [6.07, 6.45) is -1.74. The lowest BCUT2D eigenvalue weighted by Crippen LogP contribution is -2.70. The van der Waals surface area contributed by atoms with Crippen LogP contribution in [0.2, 0.25) is 0 Å². The number of hydrogen-bond donors (Lipinski definition) is 6. The lowest BCUT2D eigenvalue weighted by Gasteiger charge is -2.53. The Morgan fingerprint density at radius 3 is 2.16 bits per heavy atom. The van der Waals surface area contributed by atoms with E-state index in [1.807, 2.05) is 0 Å². The molecule has 3 aliphatic rings. The molecule has 1 aromatic rings. The number of aromatic hydroxyl groups is 1. The summed E-state index contributed by atoms with van der Waals surface area (Å²) in [5.74, 6) is -10.5. The van der Waals surface area contributed by atoms with Crippen molar-refractivity contribution < 1.29 is 44.7 Å². The van der Waals surface area contributed by atoms with Crippen molar-refractivity contribution in [2.75, 3.05) is 28.2 Å². The Morgan fingerprint density at radius 1 is 1.05 bits per heavy atom. The van der Waals surface area contributed by atoms with Crippen molar-refractivity contribution in [1.29, 1.82) is 0 Å². The summed E-state index contributed by atoms with van der Waals surface area (Å²) < 4.78 is 0. The maximum absolute atomic E-state index is 13.9. The number of nitrogens with two attached hydrogens (primary N) is 1. The lowest BCUT2D eigenvalue weighted by molar-refractivity contribution is -0.169. The Labute approximate surface area is 211 Å². The molecule has 7 N–H and O–H groups in total. The largest absolute Gasteiger partial charge is 0.508 e. The van der Waals surface area contributed by atoms with Crippen LogP contribution in [0.1, 0.15) is 34.3 Å². The van der Waals surface area contributed by atoms with Crippen molar-refractivity contribution in [2.24, 2.45) is 17.6 Å². The molecule has 0 unspecified atom stereocenters. The number of carbonyl (C=O) groups is 4. The Bertz CT molecular complexity index is 1330. The van der Waals surface area contributed by atoms with Crippen LogP contribution in [0.3, 0.4) is 0 Å². The van der Waals surface area contributed by atoms with E-state index in [0.717, 1.165) is 0 Å². The summed E-state index contributed by atoms with van der Waals surface area (Å²) in [6, 6.07) is 1.08. The summed E-state index contributed by atoms with van der Waals surface area (Å²) in [7, 11) is 5.87. The standard InChI is InChI=1S/C25H29N3O9/c1-8-11-9(24(36)28(4)5)6-7-10(29)13(11)18(30)14-12(8)19(31)16-17(27(2)3)20(32)15(23(26)35)22(34)25(16,37)21(14)33/h6-8,12,16-17,19,29-31,34,37H,1-5H3,(H2,26,35)/t8-,12+,16+,17-,19-,25-/m1/s1. The number of primary amides is 1. The van der Waals surface area contributed by atoms with Gasteiger partial charge in [-0.1, -0.05) is 6.92 Å². The minimum atomic E-state index is -2.99. The van der Waals surface area contributed by atoms with Crippen molar-refractivity contribution in [3.05, 3.63) is 45.7 Å². The highest BCUT2D eigenvalue weighted by Crippen LogP contribution is 2.56. The number of benzene rings is 1. The number of phenols is 1. The van der Waals surface area contributed by atoms with Crippen LogP contribution in [0.25, 0.3) is 5.76 Å². The molecule has 37 heavy (non-hydrogen) atoms. The zero-order valence-electron chi connectivity index (χ0n) is 20.9. The smallest absolute Gasteiger partial charge is 0.255 e. The quantitative estimate of drug-likeness (QED) is 0.277. The number of phenolic OH excluding ortho intramolecular Hbond substituents is 1. The fourth-order valence-corrected chi connectivity index (χ4v) is 6.12. The third kappa shape index (κ3) is 3.26. The molecule has 0 radical (unpaired) electrons. The van der Waals surface area contributed by atoms with Gasteiger partial charge in [0.15, 0.2) is 11.4 Å². The van der Waals surface area contributed by atoms with Crippen LogP contribution in [-0.4, -0.2) is 105 Å². The highest BCUT2D eigenvalue weighted by atomic mass is 16.4. The second-order valence-corrected chi connectivity index (χ2v) is 10.2. The number of amides is 2. The number of ketones is 2. The molecule has 0 bridgehead atoms. The van der Waals surface area contributed by atoms with Gasteiger partial charge in [0, 0.05) is 31.1 Å². The number of hydrogen-bond acceptors (Lipinski definition) is 10.